The number of carbonyl (C=O) groups excluding carboxylic acids is 1. The number of primary amides is 1. The molecule has 0 unspecified atom stereocenters. The summed E-state index contributed by atoms with van der Waals surface area (Å²) < 4.78 is 0. The van der Waals surface area contributed by atoms with Gasteiger partial charge in [-0.05, 0) is 36.1 Å². The van der Waals surface area contributed by atoms with Crippen molar-refractivity contribution in [2.24, 2.45) is 11.5 Å². The molecule has 1 aliphatic rings. The molecule has 68 valence electrons. The summed E-state index contributed by atoms with van der Waals surface area (Å²) in [6, 6.07) is 5.64. The first kappa shape index (κ1) is 8.26. The van der Waals surface area contributed by atoms with Crippen LogP contribution in [0.4, 0.5) is 0 Å². The lowest BCUT2D eigenvalue weighted by molar-refractivity contribution is 0.1000. The van der Waals surface area contributed by atoms with Gasteiger partial charge in [0.15, 0.2) is 0 Å². The van der Waals surface area contributed by atoms with E-state index in [1.807, 2.05) is 12.1 Å². The van der Waals surface area contributed by atoms with Gasteiger partial charge in [-0.1, -0.05) is 6.07 Å². The first-order valence-corrected chi connectivity index (χ1v) is 4.36. The normalized spacial score (nSPS) is 19.9. The highest BCUT2D eigenvalue weighted by Gasteiger charge is 2.19. The summed E-state index contributed by atoms with van der Waals surface area (Å²) in [5.41, 5.74) is 13.9. The van der Waals surface area contributed by atoms with Crippen LogP contribution in [0.15, 0.2) is 18.2 Å². The molecule has 1 amide bonds. The third-order valence-corrected chi connectivity index (χ3v) is 2.55. The minimum Gasteiger partial charge on any atom is -0.366 e. The Morgan fingerprint density at radius 1 is 1.46 bits per heavy atom. The Morgan fingerprint density at radius 3 is 2.92 bits per heavy atom. The number of benzene rings is 1. The van der Waals surface area contributed by atoms with Crippen LogP contribution in [-0.2, 0) is 6.42 Å². The molecule has 0 spiro atoms. The van der Waals surface area contributed by atoms with Crippen LogP contribution in [-0.4, -0.2) is 5.91 Å². The van der Waals surface area contributed by atoms with Gasteiger partial charge in [-0.2, -0.15) is 0 Å². The fraction of sp³-hybridized carbons (Fsp3) is 0.300. The number of carbonyl (C=O) groups is 1. The molecule has 0 saturated carbocycles. The summed E-state index contributed by atoms with van der Waals surface area (Å²) in [6.45, 7) is 0. The SMILES string of the molecule is NC(=O)c1ccc2c(c1)CC[C@H]2N. The van der Waals surface area contributed by atoms with E-state index in [-0.39, 0.29) is 11.9 Å². The molecular weight excluding hydrogens is 164 g/mol. The molecule has 1 atom stereocenters. The van der Waals surface area contributed by atoms with Crippen molar-refractivity contribution in [1.29, 1.82) is 0 Å². The number of amides is 1. The second-order valence-corrected chi connectivity index (χ2v) is 3.42. The van der Waals surface area contributed by atoms with Crippen molar-refractivity contribution in [2.45, 2.75) is 18.9 Å². The van der Waals surface area contributed by atoms with E-state index in [9.17, 15) is 4.79 Å². The summed E-state index contributed by atoms with van der Waals surface area (Å²) in [5.74, 6) is -0.372. The van der Waals surface area contributed by atoms with Crippen LogP contribution < -0.4 is 11.5 Å². The zero-order chi connectivity index (χ0) is 9.42. The summed E-state index contributed by atoms with van der Waals surface area (Å²) in [7, 11) is 0. The van der Waals surface area contributed by atoms with Crippen molar-refractivity contribution in [3.05, 3.63) is 34.9 Å². The fourth-order valence-electron chi connectivity index (χ4n) is 1.80. The van der Waals surface area contributed by atoms with Gasteiger partial charge in [-0.25, -0.2) is 0 Å². The van der Waals surface area contributed by atoms with E-state index in [0.717, 1.165) is 18.4 Å². The molecular formula is C10H12N2O. The Hall–Kier alpha value is -1.35. The van der Waals surface area contributed by atoms with E-state index in [0.29, 0.717) is 5.56 Å². The second kappa shape index (κ2) is 2.85. The molecule has 0 heterocycles. The number of nitrogens with two attached hydrogens (primary N) is 2. The van der Waals surface area contributed by atoms with Gasteiger partial charge in [0.2, 0.25) is 5.91 Å². The minimum absolute atomic E-state index is 0.136. The van der Waals surface area contributed by atoms with E-state index in [2.05, 4.69) is 0 Å². The fourth-order valence-corrected chi connectivity index (χ4v) is 1.80. The third kappa shape index (κ3) is 1.31. The lowest BCUT2D eigenvalue weighted by atomic mass is 10.0. The highest BCUT2D eigenvalue weighted by atomic mass is 16.1. The molecule has 0 aliphatic heterocycles. The summed E-state index contributed by atoms with van der Waals surface area (Å²) >= 11 is 0. The molecule has 3 heteroatoms. The molecule has 1 aliphatic carbocycles. The first-order chi connectivity index (χ1) is 6.18. The Bertz CT molecular complexity index is 360. The third-order valence-electron chi connectivity index (χ3n) is 2.55. The van der Waals surface area contributed by atoms with Crippen LogP contribution in [0.3, 0.4) is 0 Å². The van der Waals surface area contributed by atoms with E-state index >= 15 is 0 Å². The van der Waals surface area contributed by atoms with Crippen LogP contribution in [0.25, 0.3) is 0 Å². The number of rotatable bonds is 1. The lowest BCUT2D eigenvalue weighted by Crippen LogP contribution is -2.11. The van der Waals surface area contributed by atoms with E-state index in [4.69, 9.17) is 11.5 Å². The van der Waals surface area contributed by atoms with Gasteiger partial charge in [0.1, 0.15) is 0 Å². The topological polar surface area (TPSA) is 69.1 Å². The molecule has 0 saturated heterocycles. The van der Waals surface area contributed by atoms with Crippen LogP contribution in [0.1, 0.15) is 33.9 Å². The number of fused-ring (bicyclic) bond motifs is 1. The summed E-state index contributed by atoms with van der Waals surface area (Å²) in [4.78, 5) is 10.9. The Labute approximate surface area is 76.7 Å². The molecule has 0 aromatic heterocycles. The Kier molecular flexibility index (Phi) is 1.81. The van der Waals surface area contributed by atoms with Gasteiger partial charge >= 0.3 is 0 Å². The number of aryl methyl sites for hydroxylation is 1. The average Bonchev–Trinajstić information content (AvgIpc) is 2.47. The zero-order valence-electron chi connectivity index (χ0n) is 7.29. The van der Waals surface area contributed by atoms with Crippen LogP contribution in [0.2, 0.25) is 0 Å². The second-order valence-electron chi connectivity index (χ2n) is 3.42. The lowest BCUT2D eigenvalue weighted by Gasteiger charge is -2.04. The highest BCUT2D eigenvalue weighted by Crippen LogP contribution is 2.29. The maximum absolute atomic E-state index is 10.9. The first-order valence-electron chi connectivity index (χ1n) is 4.36. The highest BCUT2D eigenvalue weighted by molar-refractivity contribution is 5.93. The maximum Gasteiger partial charge on any atom is 0.248 e. The van der Waals surface area contributed by atoms with Crippen molar-refractivity contribution in [1.82, 2.24) is 0 Å². The number of hydrogen-bond donors (Lipinski definition) is 2. The van der Waals surface area contributed by atoms with Crippen molar-refractivity contribution in [2.75, 3.05) is 0 Å². The van der Waals surface area contributed by atoms with Crippen LogP contribution in [0, 0.1) is 0 Å². The van der Waals surface area contributed by atoms with Crippen molar-refractivity contribution in [3.8, 4) is 0 Å². The van der Waals surface area contributed by atoms with Crippen molar-refractivity contribution >= 4 is 5.91 Å². The van der Waals surface area contributed by atoms with Crippen LogP contribution in [0.5, 0.6) is 0 Å². The standard InChI is InChI=1S/C10H12N2O/c11-9-4-2-6-5-7(10(12)13)1-3-8(6)9/h1,3,5,9H,2,4,11H2,(H2,12,13)/t9-/m1/s1. The minimum atomic E-state index is -0.372. The Morgan fingerprint density at radius 2 is 2.23 bits per heavy atom. The maximum atomic E-state index is 10.9. The van der Waals surface area contributed by atoms with Crippen molar-refractivity contribution < 1.29 is 4.79 Å². The quantitative estimate of drug-likeness (QED) is 0.662. The largest absolute Gasteiger partial charge is 0.366 e. The predicted octanol–water partition coefficient (Wildman–Crippen LogP) is 0.732. The van der Waals surface area contributed by atoms with Crippen molar-refractivity contribution in [3.63, 3.8) is 0 Å². The Balaban J connectivity index is 2.45. The van der Waals surface area contributed by atoms with Gasteiger partial charge in [0, 0.05) is 11.6 Å². The number of hydrogen-bond acceptors (Lipinski definition) is 2. The molecule has 0 radical (unpaired) electrons. The van der Waals surface area contributed by atoms with Crippen LogP contribution >= 0.6 is 0 Å². The van der Waals surface area contributed by atoms with Gasteiger partial charge in [0.05, 0.1) is 0 Å². The molecule has 1 aromatic rings. The molecule has 3 nitrogen and oxygen atoms in total. The zero-order valence-corrected chi connectivity index (χ0v) is 7.29. The van der Waals surface area contributed by atoms with Gasteiger partial charge in [-0.15, -0.1) is 0 Å². The molecule has 0 fully saturated rings. The predicted molar refractivity (Wildman–Crippen MR) is 50.2 cm³/mol. The molecule has 2 rings (SSSR count). The van der Waals surface area contributed by atoms with Gasteiger partial charge in [-0.3, -0.25) is 4.79 Å². The molecule has 4 N–H and O–H groups in total. The average molecular weight is 176 g/mol. The monoisotopic (exact) mass is 176 g/mol. The smallest absolute Gasteiger partial charge is 0.248 e. The molecule has 13 heavy (non-hydrogen) atoms. The van der Waals surface area contributed by atoms with Gasteiger partial charge < -0.3 is 11.5 Å². The summed E-state index contributed by atoms with van der Waals surface area (Å²) in [5, 5.41) is 0. The van der Waals surface area contributed by atoms with E-state index < -0.39 is 0 Å². The summed E-state index contributed by atoms with van der Waals surface area (Å²) in [6.07, 6.45) is 1.93. The van der Waals surface area contributed by atoms with E-state index in [1.165, 1.54) is 5.56 Å². The molecule has 0 bridgehead atoms. The van der Waals surface area contributed by atoms with E-state index in [1.54, 1.807) is 6.07 Å². The van der Waals surface area contributed by atoms with Gasteiger partial charge in [0.25, 0.3) is 0 Å². The molecule has 1 aromatic carbocycles.